The van der Waals surface area contributed by atoms with E-state index in [9.17, 15) is 4.79 Å². The standard InChI is InChI=1S/C13H16ClN3O/c1-4-10-13(14)12(16(3)15-10)8-17-7-5-6-11(17)9(2)18/h5-7H,4,8H2,1-3H3. The quantitative estimate of drug-likeness (QED) is 0.798. The van der Waals surface area contributed by atoms with Gasteiger partial charge in [0, 0.05) is 20.2 Å². The molecule has 0 amide bonds. The molecule has 5 heteroatoms. The van der Waals surface area contributed by atoms with Crippen LogP contribution in [0.2, 0.25) is 5.02 Å². The maximum atomic E-state index is 11.5. The molecule has 0 N–H and O–H groups in total. The lowest BCUT2D eigenvalue weighted by Crippen LogP contribution is -2.10. The lowest BCUT2D eigenvalue weighted by atomic mass is 10.3. The van der Waals surface area contributed by atoms with Gasteiger partial charge in [-0.1, -0.05) is 18.5 Å². The predicted molar refractivity (Wildman–Crippen MR) is 71.1 cm³/mol. The third-order valence-corrected chi connectivity index (χ3v) is 3.45. The first-order valence-corrected chi connectivity index (χ1v) is 6.28. The zero-order valence-electron chi connectivity index (χ0n) is 10.8. The van der Waals surface area contributed by atoms with Crippen molar-refractivity contribution in [2.45, 2.75) is 26.8 Å². The number of aryl methyl sites for hydroxylation is 2. The van der Waals surface area contributed by atoms with Crippen molar-refractivity contribution >= 4 is 17.4 Å². The summed E-state index contributed by atoms with van der Waals surface area (Å²) in [6.07, 6.45) is 2.68. The molecule has 2 aromatic heterocycles. The van der Waals surface area contributed by atoms with Gasteiger partial charge in [-0.3, -0.25) is 9.48 Å². The number of hydrogen-bond donors (Lipinski definition) is 0. The molecule has 2 rings (SSSR count). The minimum atomic E-state index is 0.0500. The van der Waals surface area contributed by atoms with Gasteiger partial charge in [0.2, 0.25) is 0 Å². The number of carbonyl (C=O) groups is 1. The number of nitrogens with zero attached hydrogens (tertiary/aromatic N) is 3. The maximum Gasteiger partial charge on any atom is 0.176 e. The van der Waals surface area contributed by atoms with Gasteiger partial charge in [0.25, 0.3) is 0 Å². The largest absolute Gasteiger partial charge is 0.339 e. The highest BCUT2D eigenvalue weighted by Gasteiger charge is 2.15. The molecule has 0 spiro atoms. The van der Waals surface area contributed by atoms with Crippen LogP contribution in [0.1, 0.15) is 35.7 Å². The van der Waals surface area contributed by atoms with E-state index in [-0.39, 0.29) is 5.78 Å². The zero-order valence-corrected chi connectivity index (χ0v) is 11.5. The average Bonchev–Trinajstić information content (AvgIpc) is 2.88. The summed E-state index contributed by atoms with van der Waals surface area (Å²) in [5, 5.41) is 5.07. The second kappa shape index (κ2) is 4.98. The summed E-state index contributed by atoms with van der Waals surface area (Å²) in [5.74, 6) is 0.0500. The smallest absolute Gasteiger partial charge is 0.176 e. The summed E-state index contributed by atoms with van der Waals surface area (Å²) in [4.78, 5) is 11.5. The van der Waals surface area contributed by atoms with E-state index in [4.69, 9.17) is 11.6 Å². The van der Waals surface area contributed by atoms with Crippen LogP contribution in [0.3, 0.4) is 0 Å². The molecular formula is C13H16ClN3O. The topological polar surface area (TPSA) is 39.8 Å². The van der Waals surface area contributed by atoms with Crippen LogP contribution in [0.15, 0.2) is 18.3 Å². The highest BCUT2D eigenvalue weighted by Crippen LogP contribution is 2.22. The van der Waals surface area contributed by atoms with E-state index in [2.05, 4.69) is 5.10 Å². The van der Waals surface area contributed by atoms with Crippen molar-refractivity contribution in [3.63, 3.8) is 0 Å². The molecule has 0 atom stereocenters. The van der Waals surface area contributed by atoms with Crippen LogP contribution >= 0.6 is 11.6 Å². The van der Waals surface area contributed by atoms with Crippen LogP contribution in [-0.4, -0.2) is 20.1 Å². The summed E-state index contributed by atoms with van der Waals surface area (Å²) in [7, 11) is 1.87. The SMILES string of the molecule is CCc1nn(C)c(Cn2cccc2C(C)=O)c1Cl. The van der Waals surface area contributed by atoms with Gasteiger partial charge in [0.1, 0.15) is 0 Å². The molecule has 18 heavy (non-hydrogen) atoms. The van der Waals surface area contributed by atoms with Gasteiger partial charge in [-0.15, -0.1) is 0 Å². The van der Waals surface area contributed by atoms with Gasteiger partial charge in [-0.25, -0.2) is 0 Å². The van der Waals surface area contributed by atoms with E-state index >= 15 is 0 Å². The number of Topliss-reactive ketones (excluding diaryl/α,β-unsaturated/α-hetero) is 1. The van der Waals surface area contributed by atoms with Gasteiger partial charge in [0.05, 0.1) is 28.6 Å². The fourth-order valence-electron chi connectivity index (χ4n) is 2.02. The van der Waals surface area contributed by atoms with Crippen molar-refractivity contribution in [2.24, 2.45) is 7.05 Å². The molecule has 2 aromatic rings. The summed E-state index contributed by atoms with van der Waals surface area (Å²) in [6, 6.07) is 3.68. The minimum absolute atomic E-state index is 0.0500. The van der Waals surface area contributed by atoms with Crippen LogP contribution in [0.25, 0.3) is 0 Å². The first-order chi connectivity index (χ1) is 8.54. The summed E-state index contributed by atoms with van der Waals surface area (Å²) in [6.45, 7) is 4.15. The molecule has 0 bridgehead atoms. The van der Waals surface area contributed by atoms with Crippen molar-refractivity contribution in [3.8, 4) is 0 Å². The van der Waals surface area contributed by atoms with Crippen molar-refractivity contribution in [2.75, 3.05) is 0 Å². The number of rotatable bonds is 4. The van der Waals surface area contributed by atoms with Gasteiger partial charge >= 0.3 is 0 Å². The molecule has 0 unspecified atom stereocenters. The molecule has 0 aromatic carbocycles. The lowest BCUT2D eigenvalue weighted by Gasteiger charge is -2.08. The van der Waals surface area contributed by atoms with Crippen molar-refractivity contribution in [1.82, 2.24) is 14.3 Å². The Morgan fingerprint density at radius 3 is 2.78 bits per heavy atom. The van der Waals surface area contributed by atoms with E-state index < -0.39 is 0 Å². The van der Waals surface area contributed by atoms with Crippen LogP contribution < -0.4 is 0 Å². The van der Waals surface area contributed by atoms with Crippen molar-refractivity contribution < 1.29 is 4.79 Å². The Kier molecular flexibility index (Phi) is 3.57. The van der Waals surface area contributed by atoms with E-state index in [1.165, 1.54) is 0 Å². The Balaban J connectivity index is 2.37. The first-order valence-electron chi connectivity index (χ1n) is 5.91. The van der Waals surface area contributed by atoms with E-state index in [1.54, 1.807) is 11.6 Å². The van der Waals surface area contributed by atoms with Gasteiger partial charge in [-0.2, -0.15) is 5.10 Å². The highest BCUT2D eigenvalue weighted by molar-refractivity contribution is 6.31. The molecule has 0 radical (unpaired) electrons. The van der Waals surface area contributed by atoms with E-state index in [0.717, 1.165) is 17.8 Å². The van der Waals surface area contributed by atoms with Crippen LogP contribution in [0.4, 0.5) is 0 Å². The van der Waals surface area contributed by atoms with E-state index in [1.807, 2.05) is 36.9 Å². The van der Waals surface area contributed by atoms with Crippen molar-refractivity contribution in [3.05, 3.63) is 40.4 Å². The number of halogens is 1. The Hall–Kier alpha value is -1.55. The first kappa shape index (κ1) is 12.9. The Morgan fingerprint density at radius 1 is 1.50 bits per heavy atom. The molecule has 0 saturated heterocycles. The lowest BCUT2D eigenvalue weighted by molar-refractivity contribution is 0.100. The Morgan fingerprint density at radius 2 is 2.22 bits per heavy atom. The number of aromatic nitrogens is 3. The molecule has 0 aliphatic rings. The molecule has 0 aliphatic heterocycles. The second-order valence-electron chi connectivity index (χ2n) is 4.26. The minimum Gasteiger partial charge on any atom is -0.339 e. The number of ketones is 1. The fourth-order valence-corrected chi connectivity index (χ4v) is 2.38. The third kappa shape index (κ3) is 2.20. The average molecular weight is 266 g/mol. The molecule has 0 fully saturated rings. The monoisotopic (exact) mass is 265 g/mol. The van der Waals surface area contributed by atoms with Crippen LogP contribution in [0.5, 0.6) is 0 Å². The summed E-state index contributed by atoms with van der Waals surface area (Å²) >= 11 is 6.30. The molecule has 96 valence electrons. The maximum absolute atomic E-state index is 11.5. The predicted octanol–water partition coefficient (Wildman–Crippen LogP) is 2.69. The Bertz CT molecular complexity index is 583. The van der Waals surface area contributed by atoms with Gasteiger partial charge in [0.15, 0.2) is 5.78 Å². The second-order valence-corrected chi connectivity index (χ2v) is 4.64. The van der Waals surface area contributed by atoms with Gasteiger partial charge < -0.3 is 4.57 Å². The molecule has 0 saturated carbocycles. The molecule has 0 aliphatic carbocycles. The summed E-state index contributed by atoms with van der Waals surface area (Å²) < 4.78 is 3.68. The number of carbonyl (C=O) groups excluding carboxylic acids is 1. The zero-order chi connectivity index (χ0) is 13.3. The van der Waals surface area contributed by atoms with Crippen molar-refractivity contribution in [1.29, 1.82) is 0 Å². The van der Waals surface area contributed by atoms with E-state index in [0.29, 0.717) is 17.3 Å². The van der Waals surface area contributed by atoms with Crippen LogP contribution in [-0.2, 0) is 20.0 Å². The Labute approximate surface area is 111 Å². The fraction of sp³-hybridized carbons (Fsp3) is 0.385. The van der Waals surface area contributed by atoms with Crippen LogP contribution in [0, 0.1) is 0 Å². The molecule has 2 heterocycles. The number of hydrogen-bond acceptors (Lipinski definition) is 2. The molecule has 4 nitrogen and oxygen atoms in total. The van der Waals surface area contributed by atoms with Gasteiger partial charge in [-0.05, 0) is 18.6 Å². The third-order valence-electron chi connectivity index (χ3n) is 3.01. The highest BCUT2D eigenvalue weighted by atomic mass is 35.5. The molecular weight excluding hydrogens is 250 g/mol. The summed E-state index contributed by atoms with van der Waals surface area (Å²) in [5.41, 5.74) is 2.50. The normalized spacial score (nSPS) is 10.9.